The lowest BCUT2D eigenvalue weighted by molar-refractivity contribution is 1.12. The maximum absolute atomic E-state index is 5.45. The summed E-state index contributed by atoms with van der Waals surface area (Å²) < 4.78 is 0. The van der Waals surface area contributed by atoms with Crippen LogP contribution in [0.1, 0.15) is 6.42 Å². The molecule has 3 nitrogen and oxygen atoms in total. The zero-order valence-electron chi connectivity index (χ0n) is 6.57. The Bertz CT molecular complexity index is 432. The monoisotopic (exact) mass is 159 g/mol. The van der Waals surface area contributed by atoms with Gasteiger partial charge < -0.3 is 5.73 Å². The van der Waals surface area contributed by atoms with Gasteiger partial charge in [0.25, 0.3) is 0 Å². The van der Waals surface area contributed by atoms with Gasteiger partial charge in [-0.05, 0) is 12.5 Å². The molecule has 0 atom stereocenters. The van der Waals surface area contributed by atoms with E-state index in [2.05, 4.69) is 22.1 Å². The molecule has 0 saturated heterocycles. The van der Waals surface area contributed by atoms with Gasteiger partial charge in [-0.1, -0.05) is 18.2 Å². The van der Waals surface area contributed by atoms with Crippen molar-refractivity contribution in [2.24, 2.45) is 0 Å². The highest BCUT2D eigenvalue weighted by Crippen LogP contribution is 1.87. The van der Waals surface area contributed by atoms with E-state index in [4.69, 9.17) is 5.73 Å². The maximum atomic E-state index is 5.45. The van der Waals surface area contributed by atoms with E-state index in [0.717, 1.165) is 17.0 Å². The third-order valence-electron chi connectivity index (χ3n) is 1.73. The van der Waals surface area contributed by atoms with Crippen LogP contribution in [0.4, 0.5) is 5.95 Å². The van der Waals surface area contributed by atoms with Gasteiger partial charge in [-0.2, -0.15) is 0 Å². The molecule has 1 aromatic heterocycles. The Labute approximate surface area is 70.0 Å². The van der Waals surface area contributed by atoms with Gasteiger partial charge in [0.15, 0.2) is 0 Å². The van der Waals surface area contributed by atoms with Crippen LogP contribution in [0.25, 0.3) is 12.2 Å². The third kappa shape index (κ3) is 1.21. The molecular weight excluding hydrogens is 150 g/mol. The largest absolute Gasteiger partial charge is 0.368 e. The summed E-state index contributed by atoms with van der Waals surface area (Å²) in [6, 6.07) is 0. The van der Waals surface area contributed by atoms with Crippen LogP contribution in [0.3, 0.4) is 0 Å². The van der Waals surface area contributed by atoms with Crippen LogP contribution in [-0.4, -0.2) is 9.97 Å². The Morgan fingerprint density at radius 1 is 1.42 bits per heavy atom. The van der Waals surface area contributed by atoms with E-state index >= 15 is 0 Å². The molecule has 1 aliphatic carbocycles. The lowest BCUT2D eigenvalue weighted by Gasteiger charge is -1.90. The Morgan fingerprint density at radius 3 is 3.25 bits per heavy atom. The number of nitrogen functional groups attached to an aromatic ring is 1. The fourth-order valence-electron chi connectivity index (χ4n) is 1.14. The number of allylic oxidation sites excluding steroid dienone is 2. The molecule has 0 aromatic carbocycles. The first-order chi connectivity index (χ1) is 5.86. The highest BCUT2D eigenvalue weighted by molar-refractivity contribution is 5.42. The van der Waals surface area contributed by atoms with Gasteiger partial charge in [0.05, 0.1) is 5.35 Å². The van der Waals surface area contributed by atoms with Crippen LogP contribution >= 0.6 is 0 Å². The predicted octanol–water partition coefficient (Wildman–Crippen LogP) is -0.420. The molecule has 0 aliphatic heterocycles. The molecule has 2 N–H and O–H groups in total. The highest BCUT2D eigenvalue weighted by Gasteiger charge is 1.91. The minimum Gasteiger partial charge on any atom is -0.368 e. The average Bonchev–Trinajstić information content (AvgIpc) is 2.28. The Hall–Kier alpha value is -1.64. The van der Waals surface area contributed by atoms with E-state index in [-0.39, 0.29) is 0 Å². The molecular formula is C9H9N3. The van der Waals surface area contributed by atoms with Crippen LogP contribution in [0.5, 0.6) is 0 Å². The lowest BCUT2D eigenvalue weighted by atomic mass is 10.3. The summed E-state index contributed by atoms with van der Waals surface area (Å²) in [6.07, 6.45) is 10.7. The van der Waals surface area contributed by atoms with Crippen LogP contribution < -0.4 is 16.3 Å². The quantitative estimate of drug-likeness (QED) is 0.559. The van der Waals surface area contributed by atoms with Crippen molar-refractivity contribution in [2.45, 2.75) is 6.42 Å². The van der Waals surface area contributed by atoms with Crippen molar-refractivity contribution in [3.05, 3.63) is 28.9 Å². The summed E-state index contributed by atoms with van der Waals surface area (Å²) in [5.74, 6) is 0.328. The topological polar surface area (TPSA) is 51.8 Å². The summed E-state index contributed by atoms with van der Waals surface area (Å²) in [7, 11) is 0. The fourth-order valence-corrected chi connectivity index (χ4v) is 1.14. The third-order valence-corrected chi connectivity index (χ3v) is 1.73. The molecule has 0 radical (unpaired) electrons. The summed E-state index contributed by atoms with van der Waals surface area (Å²) in [4.78, 5) is 8.02. The van der Waals surface area contributed by atoms with Gasteiger partial charge in [-0.3, -0.25) is 0 Å². The number of rotatable bonds is 0. The van der Waals surface area contributed by atoms with Crippen LogP contribution in [0.2, 0.25) is 0 Å². The van der Waals surface area contributed by atoms with Crippen LogP contribution in [0.15, 0.2) is 18.3 Å². The van der Waals surface area contributed by atoms with Gasteiger partial charge >= 0.3 is 0 Å². The molecule has 0 amide bonds. The Morgan fingerprint density at radius 2 is 2.33 bits per heavy atom. The first-order valence-electron chi connectivity index (χ1n) is 3.82. The van der Waals surface area contributed by atoms with E-state index in [0.29, 0.717) is 5.95 Å². The molecule has 0 spiro atoms. The summed E-state index contributed by atoms with van der Waals surface area (Å²) in [5, 5.41) is 1.95. The molecule has 3 heteroatoms. The van der Waals surface area contributed by atoms with E-state index in [1.54, 1.807) is 6.20 Å². The lowest BCUT2D eigenvalue weighted by Crippen LogP contribution is -2.29. The standard InChI is InChI=1S/C9H9N3/c10-9-11-6-7-4-2-1-3-5-8(7)12-9/h1,3-6H,2H2,(H2,10,12). The fraction of sp³-hybridized carbons (Fsp3) is 0.111. The second-order valence-electron chi connectivity index (χ2n) is 2.60. The first kappa shape index (κ1) is 7.03. The average molecular weight is 159 g/mol. The smallest absolute Gasteiger partial charge is 0.220 e. The minimum absolute atomic E-state index is 0.328. The SMILES string of the molecule is Nc1ncc2c(n1)=CC=CCC=2. The van der Waals surface area contributed by atoms with Crippen molar-refractivity contribution in [1.29, 1.82) is 0 Å². The number of nitrogens with two attached hydrogens (primary N) is 1. The molecule has 0 saturated carbocycles. The van der Waals surface area contributed by atoms with Crippen molar-refractivity contribution in [3.8, 4) is 0 Å². The highest BCUT2D eigenvalue weighted by atomic mass is 15.0. The summed E-state index contributed by atoms with van der Waals surface area (Å²) in [6.45, 7) is 0. The molecule has 1 aromatic rings. The first-order valence-corrected chi connectivity index (χ1v) is 3.82. The molecule has 60 valence electrons. The molecule has 0 bridgehead atoms. The van der Waals surface area contributed by atoms with Crippen molar-refractivity contribution < 1.29 is 0 Å². The number of hydrogen-bond donors (Lipinski definition) is 1. The maximum Gasteiger partial charge on any atom is 0.220 e. The van der Waals surface area contributed by atoms with E-state index in [9.17, 15) is 0 Å². The summed E-state index contributed by atoms with van der Waals surface area (Å²) in [5.41, 5.74) is 5.45. The van der Waals surface area contributed by atoms with Gasteiger partial charge in [0.2, 0.25) is 5.95 Å². The zero-order chi connectivity index (χ0) is 8.39. The van der Waals surface area contributed by atoms with Crippen molar-refractivity contribution >= 4 is 18.1 Å². The molecule has 2 rings (SSSR count). The zero-order valence-corrected chi connectivity index (χ0v) is 6.57. The van der Waals surface area contributed by atoms with E-state index < -0.39 is 0 Å². The number of hydrogen-bond acceptors (Lipinski definition) is 3. The second kappa shape index (κ2) is 2.77. The van der Waals surface area contributed by atoms with E-state index in [1.807, 2.05) is 12.2 Å². The molecule has 1 heterocycles. The molecule has 12 heavy (non-hydrogen) atoms. The van der Waals surface area contributed by atoms with Crippen LogP contribution in [0, 0.1) is 0 Å². The number of anilines is 1. The van der Waals surface area contributed by atoms with Gasteiger partial charge in [0, 0.05) is 11.4 Å². The van der Waals surface area contributed by atoms with Gasteiger partial charge in [-0.25, -0.2) is 9.97 Å². The van der Waals surface area contributed by atoms with Crippen molar-refractivity contribution in [2.75, 3.05) is 5.73 Å². The van der Waals surface area contributed by atoms with Crippen molar-refractivity contribution in [3.63, 3.8) is 0 Å². The molecule has 0 unspecified atom stereocenters. The molecule has 1 aliphatic rings. The van der Waals surface area contributed by atoms with Crippen LogP contribution in [-0.2, 0) is 0 Å². The van der Waals surface area contributed by atoms with Gasteiger partial charge in [0.1, 0.15) is 0 Å². The number of aromatic nitrogens is 2. The normalized spacial score (nSPS) is 14.0. The Kier molecular flexibility index (Phi) is 1.63. The second-order valence-corrected chi connectivity index (χ2v) is 2.60. The van der Waals surface area contributed by atoms with E-state index in [1.165, 1.54) is 0 Å². The molecule has 0 fully saturated rings. The van der Waals surface area contributed by atoms with Gasteiger partial charge in [-0.15, -0.1) is 0 Å². The predicted molar refractivity (Wildman–Crippen MR) is 48.4 cm³/mol. The number of fused-ring (bicyclic) bond motifs is 1. The van der Waals surface area contributed by atoms with Crippen molar-refractivity contribution in [1.82, 2.24) is 9.97 Å². The summed E-state index contributed by atoms with van der Waals surface area (Å²) >= 11 is 0. The minimum atomic E-state index is 0.328. The number of nitrogens with zero attached hydrogens (tertiary/aromatic N) is 2. The Balaban J connectivity index is 2.79.